The maximum atomic E-state index is 5.06. The zero-order valence-electron chi connectivity index (χ0n) is 7.05. The molecule has 0 bridgehead atoms. The minimum atomic E-state index is 0. The molecule has 0 saturated heterocycles. The zero-order chi connectivity index (χ0) is 6.95. The molecule has 0 N–H and O–H groups in total. The first-order chi connectivity index (χ1) is 4.41. The van der Waals surface area contributed by atoms with Crippen LogP contribution in [0, 0.1) is 0 Å². The smallest absolute Gasteiger partial charge is 0.382 e. The topological polar surface area (TPSA) is 27.7 Å². The second-order valence-corrected chi connectivity index (χ2v) is 1.60. The predicted molar refractivity (Wildman–Crippen MR) is 45.9 cm³/mol. The van der Waals surface area contributed by atoms with E-state index in [0.717, 1.165) is 0 Å². The van der Waals surface area contributed by atoms with Crippen LogP contribution in [0.1, 0.15) is 0 Å². The Morgan fingerprint density at radius 3 is 1.45 bits per heavy atom. The molecule has 0 aliphatic carbocycles. The van der Waals surface area contributed by atoms with Gasteiger partial charge in [0.2, 0.25) is 0 Å². The minimum absolute atomic E-state index is 0. The third-order valence-corrected chi connectivity index (χ3v) is 0.864. The number of ether oxygens (including phenoxy) is 3. The van der Waals surface area contributed by atoms with Crippen LogP contribution in [0.25, 0.3) is 0 Å². The molecule has 64 valence electrons. The first-order valence-electron chi connectivity index (χ1n) is 2.97. The van der Waals surface area contributed by atoms with Crippen LogP contribution >= 0.6 is 0 Å². The fraction of sp³-hybridized carbons (Fsp3) is 1.00. The normalized spacial score (nSPS) is 8.18. The summed E-state index contributed by atoms with van der Waals surface area (Å²) < 4.78 is 14.6. The summed E-state index contributed by atoms with van der Waals surface area (Å²) in [5.74, 6) is 0. The second-order valence-electron chi connectivity index (χ2n) is 1.60. The van der Waals surface area contributed by atoms with Crippen molar-refractivity contribution in [1.29, 1.82) is 0 Å². The van der Waals surface area contributed by atoms with Crippen molar-refractivity contribution < 1.29 is 43.8 Å². The van der Waals surface area contributed by atoms with Gasteiger partial charge in [0, 0.05) is 14.2 Å². The molecule has 0 spiro atoms. The molecule has 0 aliphatic rings. The summed E-state index contributed by atoms with van der Waals surface area (Å²) in [7, 11) is 3.30. The van der Waals surface area contributed by atoms with E-state index in [2.05, 4.69) is 0 Å². The Morgan fingerprint density at radius 2 is 1.18 bits per heavy atom. The summed E-state index contributed by atoms with van der Waals surface area (Å²) >= 11 is 0. The van der Waals surface area contributed by atoms with Crippen molar-refractivity contribution in [2.45, 2.75) is 0 Å². The Hall–Kier alpha value is 0.945. The van der Waals surface area contributed by atoms with Crippen LogP contribution in [0.3, 0.4) is 0 Å². The van der Waals surface area contributed by atoms with Gasteiger partial charge in [0.05, 0.1) is 26.4 Å². The van der Waals surface area contributed by atoms with Crippen LogP contribution in [0.4, 0.5) is 0 Å². The quantitative estimate of drug-likeness (QED) is 0.300. The maximum Gasteiger partial charge on any atom is 1.00 e. The summed E-state index contributed by atoms with van der Waals surface area (Å²) in [5.41, 5.74) is 0. The third kappa shape index (κ3) is 18.2. The molecular weight excluding hydrogens is 154 g/mol. The number of hydrogen-bond acceptors (Lipinski definition) is 3. The van der Waals surface area contributed by atoms with Crippen LogP contribution in [-0.2, 0) is 14.2 Å². The summed E-state index contributed by atoms with van der Waals surface area (Å²) in [6.45, 7) is 2.62. The Morgan fingerprint density at radius 1 is 0.818 bits per heavy atom. The van der Waals surface area contributed by atoms with Gasteiger partial charge in [0.1, 0.15) is 0 Å². The Bertz CT molecular complexity index is 51.1. The molecule has 0 radical (unpaired) electrons. The van der Waals surface area contributed by atoms with Gasteiger partial charge in [0.25, 0.3) is 0 Å². The molecule has 0 fully saturated rings. The molecule has 0 aromatic carbocycles. The van der Waals surface area contributed by atoms with Crippen molar-refractivity contribution in [1.82, 2.24) is 0 Å². The van der Waals surface area contributed by atoms with E-state index in [1.807, 2.05) is 0 Å². The Kier molecular flexibility index (Phi) is 27.9. The molecule has 0 aliphatic heterocycles. The Balaban J connectivity index is -0.000000320. The largest absolute Gasteiger partial charge is 1.00 e. The average Bonchev–Trinajstić information content (AvgIpc) is 1.89. The van der Waals surface area contributed by atoms with Gasteiger partial charge in [-0.2, -0.15) is 0 Å². The van der Waals surface area contributed by atoms with Crippen LogP contribution in [0.15, 0.2) is 0 Å². The van der Waals surface area contributed by atoms with Crippen LogP contribution < -0.4 is 29.6 Å². The average molecular weight is 172 g/mol. The van der Waals surface area contributed by atoms with Crippen LogP contribution in [0.2, 0.25) is 0 Å². The molecule has 11 heavy (non-hydrogen) atoms. The predicted octanol–water partition coefficient (Wildman–Crippen LogP) is -4.15. The third-order valence-electron chi connectivity index (χ3n) is 0.864. The molecule has 0 aromatic heterocycles. The SMILES string of the molecule is COCCOCCOC.[BH4-].[Na+]. The number of methoxy groups -OCH3 is 2. The van der Waals surface area contributed by atoms with Gasteiger partial charge in [-0.3, -0.25) is 0 Å². The van der Waals surface area contributed by atoms with Gasteiger partial charge in [-0.05, 0) is 0 Å². The van der Waals surface area contributed by atoms with Gasteiger partial charge in [-0.1, -0.05) is 8.41 Å². The molecule has 0 amide bonds. The van der Waals surface area contributed by atoms with Gasteiger partial charge in [0.15, 0.2) is 0 Å². The van der Waals surface area contributed by atoms with Crippen molar-refractivity contribution >= 4 is 8.41 Å². The minimum Gasteiger partial charge on any atom is -0.382 e. The first-order valence-corrected chi connectivity index (χ1v) is 2.97. The van der Waals surface area contributed by atoms with E-state index in [0.29, 0.717) is 26.4 Å². The van der Waals surface area contributed by atoms with Crippen molar-refractivity contribution in [3.8, 4) is 0 Å². The first kappa shape index (κ1) is 17.9. The molecule has 3 nitrogen and oxygen atoms in total. The summed E-state index contributed by atoms with van der Waals surface area (Å²) in [6, 6.07) is 0. The van der Waals surface area contributed by atoms with Gasteiger partial charge >= 0.3 is 29.6 Å². The monoisotopic (exact) mass is 172 g/mol. The molecule has 0 saturated carbocycles. The van der Waals surface area contributed by atoms with E-state index in [1.54, 1.807) is 14.2 Å². The van der Waals surface area contributed by atoms with Crippen molar-refractivity contribution in [2.75, 3.05) is 40.6 Å². The molecule has 0 unspecified atom stereocenters. The van der Waals surface area contributed by atoms with E-state index in [9.17, 15) is 0 Å². The van der Waals surface area contributed by atoms with E-state index < -0.39 is 0 Å². The van der Waals surface area contributed by atoms with Crippen molar-refractivity contribution in [2.24, 2.45) is 0 Å². The van der Waals surface area contributed by atoms with Crippen LogP contribution in [-0.4, -0.2) is 49.1 Å². The van der Waals surface area contributed by atoms with E-state index in [1.165, 1.54) is 0 Å². The van der Waals surface area contributed by atoms with Crippen molar-refractivity contribution in [3.05, 3.63) is 0 Å². The standard InChI is InChI=1S/C6H14O3.BH4.Na/c1-7-3-5-9-6-4-8-2;;/h3-6H2,1-2H3;1H4;/q;-1;+1. The summed E-state index contributed by atoms with van der Waals surface area (Å²) in [5, 5.41) is 0. The van der Waals surface area contributed by atoms with E-state index in [4.69, 9.17) is 14.2 Å². The van der Waals surface area contributed by atoms with Crippen LogP contribution in [0.5, 0.6) is 0 Å². The maximum absolute atomic E-state index is 5.06. The van der Waals surface area contributed by atoms with E-state index >= 15 is 0 Å². The zero-order valence-corrected chi connectivity index (χ0v) is 9.05. The summed E-state index contributed by atoms with van der Waals surface area (Å²) in [4.78, 5) is 0. The molecule has 5 heteroatoms. The second kappa shape index (κ2) is 17.1. The fourth-order valence-corrected chi connectivity index (χ4v) is 0.387. The van der Waals surface area contributed by atoms with Crippen molar-refractivity contribution in [3.63, 3.8) is 0 Å². The van der Waals surface area contributed by atoms with Gasteiger partial charge in [-0.25, -0.2) is 0 Å². The number of hydrogen-bond donors (Lipinski definition) is 0. The van der Waals surface area contributed by atoms with Gasteiger partial charge < -0.3 is 14.2 Å². The van der Waals surface area contributed by atoms with E-state index in [-0.39, 0.29) is 38.0 Å². The molecule has 0 heterocycles. The molecule has 0 atom stereocenters. The molecule has 0 aromatic rings. The summed E-state index contributed by atoms with van der Waals surface area (Å²) in [6.07, 6.45) is 0. The number of rotatable bonds is 6. The van der Waals surface area contributed by atoms with Gasteiger partial charge in [-0.15, -0.1) is 0 Å². The molecular formula is C6H18BNaO3. The Labute approximate surface area is 92.6 Å². The fourth-order valence-electron chi connectivity index (χ4n) is 0.387. The molecule has 0 rings (SSSR count).